The monoisotopic (exact) mass is 345 g/mol. The van der Waals surface area contributed by atoms with Gasteiger partial charge < -0.3 is 10.2 Å². The van der Waals surface area contributed by atoms with E-state index in [1.165, 1.54) is 0 Å². The zero-order valence-corrected chi connectivity index (χ0v) is 15.1. The van der Waals surface area contributed by atoms with Gasteiger partial charge in [-0.15, -0.1) is 0 Å². The van der Waals surface area contributed by atoms with Crippen molar-refractivity contribution in [3.8, 4) is 0 Å². The summed E-state index contributed by atoms with van der Waals surface area (Å²) in [4.78, 5) is 19.0. The quantitative estimate of drug-likeness (QED) is 0.692. The third-order valence-electron chi connectivity index (χ3n) is 4.50. The molecule has 0 aliphatic heterocycles. The highest BCUT2D eigenvalue weighted by atomic mass is 16.2. The number of para-hydroxylation sites is 1. The molecule has 0 spiro atoms. The Morgan fingerprint density at radius 2 is 1.65 bits per heavy atom. The highest BCUT2D eigenvalue weighted by Gasteiger charge is 2.22. The highest BCUT2D eigenvalue weighted by Crippen LogP contribution is 2.24. The normalized spacial score (nSPS) is 11.6. The van der Waals surface area contributed by atoms with Crippen LogP contribution in [-0.4, -0.2) is 15.9 Å². The standard InChI is InChI=1S/C22H23N3O/c1-17-8-6-7-11-21(17)24-22(26)25(16-19-12-14-23-15-13-19)18(2)20-9-4-3-5-10-20/h3-15,18H,16H2,1-2H3,(H,24,26). The van der Waals surface area contributed by atoms with Gasteiger partial charge in [0.25, 0.3) is 0 Å². The van der Waals surface area contributed by atoms with Crippen molar-refractivity contribution in [2.75, 3.05) is 5.32 Å². The molecule has 1 atom stereocenters. The van der Waals surface area contributed by atoms with Gasteiger partial charge in [-0.2, -0.15) is 0 Å². The molecule has 1 N–H and O–H groups in total. The fourth-order valence-corrected chi connectivity index (χ4v) is 2.88. The molecule has 1 unspecified atom stereocenters. The Morgan fingerprint density at radius 3 is 2.35 bits per heavy atom. The number of anilines is 1. The number of hydrogen-bond donors (Lipinski definition) is 1. The maximum Gasteiger partial charge on any atom is 0.322 e. The van der Waals surface area contributed by atoms with Crippen molar-refractivity contribution >= 4 is 11.7 Å². The van der Waals surface area contributed by atoms with Crippen LogP contribution in [0.5, 0.6) is 0 Å². The minimum atomic E-state index is -0.118. The first-order chi connectivity index (χ1) is 12.6. The molecule has 0 radical (unpaired) electrons. The van der Waals surface area contributed by atoms with Gasteiger partial charge in [0.05, 0.1) is 6.04 Å². The summed E-state index contributed by atoms with van der Waals surface area (Å²) < 4.78 is 0. The van der Waals surface area contributed by atoms with Crippen LogP contribution < -0.4 is 5.32 Å². The molecule has 3 aromatic rings. The minimum Gasteiger partial charge on any atom is -0.313 e. The fraction of sp³-hybridized carbons (Fsp3) is 0.182. The van der Waals surface area contributed by atoms with Gasteiger partial charge in [0.2, 0.25) is 0 Å². The Morgan fingerprint density at radius 1 is 1.00 bits per heavy atom. The minimum absolute atomic E-state index is 0.0617. The first kappa shape index (κ1) is 17.7. The van der Waals surface area contributed by atoms with E-state index >= 15 is 0 Å². The molecule has 132 valence electrons. The molecule has 0 bridgehead atoms. The lowest BCUT2D eigenvalue weighted by Crippen LogP contribution is -2.36. The van der Waals surface area contributed by atoms with Gasteiger partial charge in [-0.05, 0) is 48.7 Å². The summed E-state index contributed by atoms with van der Waals surface area (Å²) in [7, 11) is 0. The molecule has 0 aliphatic carbocycles. The molecule has 2 aromatic carbocycles. The number of nitrogens with zero attached hydrogens (tertiary/aromatic N) is 2. The lowest BCUT2D eigenvalue weighted by molar-refractivity contribution is 0.189. The molecular weight excluding hydrogens is 322 g/mol. The number of benzene rings is 2. The van der Waals surface area contributed by atoms with Crippen molar-refractivity contribution in [2.45, 2.75) is 26.4 Å². The van der Waals surface area contributed by atoms with Crippen LogP contribution in [0.3, 0.4) is 0 Å². The topological polar surface area (TPSA) is 45.2 Å². The first-order valence-corrected chi connectivity index (χ1v) is 8.72. The second-order valence-electron chi connectivity index (χ2n) is 6.32. The molecular formula is C22H23N3O. The predicted molar refractivity (Wildman–Crippen MR) is 105 cm³/mol. The van der Waals surface area contributed by atoms with Crippen molar-refractivity contribution in [3.63, 3.8) is 0 Å². The maximum absolute atomic E-state index is 13.1. The van der Waals surface area contributed by atoms with Crippen molar-refractivity contribution < 1.29 is 4.79 Å². The van der Waals surface area contributed by atoms with Crippen LogP contribution >= 0.6 is 0 Å². The number of aryl methyl sites for hydroxylation is 1. The van der Waals surface area contributed by atoms with Crippen molar-refractivity contribution in [1.82, 2.24) is 9.88 Å². The summed E-state index contributed by atoms with van der Waals surface area (Å²) >= 11 is 0. The van der Waals surface area contributed by atoms with E-state index in [0.29, 0.717) is 6.54 Å². The molecule has 4 heteroatoms. The number of amides is 2. The van der Waals surface area contributed by atoms with Crippen LogP contribution in [0, 0.1) is 6.92 Å². The molecule has 1 heterocycles. The summed E-state index contributed by atoms with van der Waals surface area (Å²) in [6.07, 6.45) is 3.50. The second kappa shape index (κ2) is 8.30. The zero-order valence-electron chi connectivity index (χ0n) is 15.1. The van der Waals surface area contributed by atoms with E-state index in [1.807, 2.05) is 85.5 Å². The van der Waals surface area contributed by atoms with E-state index in [4.69, 9.17) is 0 Å². The van der Waals surface area contributed by atoms with Gasteiger partial charge in [-0.3, -0.25) is 4.98 Å². The van der Waals surface area contributed by atoms with Gasteiger partial charge in [-0.1, -0.05) is 48.5 Å². The average molecular weight is 345 g/mol. The third kappa shape index (κ3) is 4.28. The first-order valence-electron chi connectivity index (χ1n) is 8.72. The van der Waals surface area contributed by atoms with E-state index in [2.05, 4.69) is 10.3 Å². The number of carbonyl (C=O) groups excluding carboxylic acids is 1. The Bertz CT molecular complexity index is 850. The van der Waals surface area contributed by atoms with Crippen LogP contribution in [-0.2, 0) is 6.54 Å². The molecule has 0 saturated heterocycles. The maximum atomic E-state index is 13.1. The molecule has 3 rings (SSSR count). The van der Waals surface area contributed by atoms with Crippen molar-refractivity contribution in [1.29, 1.82) is 0 Å². The lowest BCUT2D eigenvalue weighted by atomic mass is 10.1. The smallest absolute Gasteiger partial charge is 0.313 e. The molecule has 4 nitrogen and oxygen atoms in total. The second-order valence-corrected chi connectivity index (χ2v) is 6.32. The van der Waals surface area contributed by atoms with Crippen LogP contribution in [0.25, 0.3) is 0 Å². The number of pyridine rings is 1. The van der Waals surface area contributed by atoms with Gasteiger partial charge in [0.1, 0.15) is 0 Å². The Kier molecular flexibility index (Phi) is 5.64. The van der Waals surface area contributed by atoms with E-state index in [0.717, 1.165) is 22.4 Å². The van der Waals surface area contributed by atoms with Gasteiger partial charge in [-0.25, -0.2) is 4.79 Å². The summed E-state index contributed by atoms with van der Waals surface area (Å²) in [6, 6.07) is 21.6. The Hall–Kier alpha value is -3.14. The van der Waals surface area contributed by atoms with E-state index in [9.17, 15) is 4.79 Å². The van der Waals surface area contributed by atoms with Gasteiger partial charge in [0.15, 0.2) is 0 Å². The molecule has 26 heavy (non-hydrogen) atoms. The average Bonchev–Trinajstić information content (AvgIpc) is 2.69. The Labute approximate surface area is 154 Å². The van der Waals surface area contributed by atoms with E-state index in [-0.39, 0.29) is 12.1 Å². The number of aromatic nitrogens is 1. The molecule has 0 fully saturated rings. The van der Waals surface area contributed by atoms with Gasteiger partial charge in [0, 0.05) is 24.6 Å². The zero-order chi connectivity index (χ0) is 18.4. The third-order valence-corrected chi connectivity index (χ3v) is 4.50. The summed E-state index contributed by atoms with van der Waals surface area (Å²) in [5, 5.41) is 3.05. The van der Waals surface area contributed by atoms with Crippen LogP contribution in [0.1, 0.15) is 29.7 Å². The number of urea groups is 1. The van der Waals surface area contributed by atoms with Crippen LogP contribution in [0.2, 0.25) is 0 Å². The van der Waals surface area contributed by atoms with Crippen LogP contribution in [0.4, 0.5) is 10.5 Å². The molecule has 0 aliphatic rings. The summed E-state index contributed by atoms with van der Waals surface area (Å²) in [6.45, 7) is 4.55. The van der Waals surface area contributed by atoms with Crippen molar-refractivity contribution in [3.05, 3.63) is 95.8 Å². The highest BCUT2D eigenvalue weighted by molar-refractivity contribution is 5.90. The SMILES string of the molecule is Cc1ccccc1NC(=O)N(Cc1ccncc1)C(C)c1ccccc1. The number of carbonyl (C=O) groups is 1. The molecule has 0 saturated carbocycles. The Balaban J connectivity index is 1.86. The number of hydrogen-bond acceptors (Lipinski definition) is 2. The lowest BCUT2D eigenvalue weighted by Gasteiger charge is -2.30. The number of nitrogens with one attached hydrogen (secondary N) is 1. The summed E-state index contributed by atoms with van der Waals surface area (Å²) in [5.41, 5.74) is 4.01. The van der Waals surface area contributed by atoms with Crippen molar-refractivity contribution in [2.24, 2.45) is 0 Å². The van der Waals surface area contributed by atoms with E-state index in [1.54, 1.807) is 12.4 Å². The van der Waals surface area contributed by atoms with Gasteiger partial charge >= 0.3 is 6.03 Å². The van der Waals surface area contributed by atoms with E-state index < -0.39 is 0 Å². The molecule has 1 aromatic heterocycles. The fourth-order valence-electron chi connectivity index (χ4n) is 2.88. The largest absolute Gasteiger partial charge is 0.322 e. The number of rotatable bonds is 5. The summed E-state index contributed by atoms with van der Waals surface area (Å²) in [5.74, 6) is 0. The van der Waals surface area contributed by atoms with Crippen LogP contribution in [0.15, 0.2) is 79.1 Å². The predicted octanol–water partition coefficient (Wildman–Crippen LogP) is 5.19. The molecule has 2 amide bonds.